The summed E-state index contributed by atoms with van der Waals surface area (Å²) >= 11 is 4.27. The predicted octanol–water partition coefficient (Wildman–Crippen LogP) is 1.81. The number of hydrogen-bond acceptors (Lipinski definition) is 2. The Balaban J connectivity index is 3.27. The van der Waals surface area contributed by atoms with Crippen LogP contribution < -0.4 is 0 Å². The fourth-order valence-electron chi connectivity index (χ4n) is 0.196. The highest BCUT2D eigenvalue weighted by Crippen LogP contribution is 1.74. The van der Waals surface area contributed by atoms with Gasteiger partial charge in [-0.25, -0.2) is 0 Å². The van der Waals surface area contributed by atoms with Gasteiger partial charge in [0, 0.05) is 18.6 Å². The lowest BCUT2D eigenvalue weighted by molar-refractivity contribution is 1.63. The van der Waals surface area contributed by atoms with E-state index in [0.29, 0.717) is 0 Å². The molecule has 0 unspecified atom stereocenters. The zero-order chi connectivity index (χ0) is 5.54. The molecule has 0 aliphatic rings. The third kappa shape index (κ3) is 5.50. The fourth-order valence-corrected chi connectivity index (χ4v) is 0.266. The number of allylic oxidation sites excluding steroid dienone is 3. The Kier molecular flexibility index (Phi) is 5.11. The summed E-state index contributed by atoms with van der Waals surface area (Å²) in [6, 6.07) is 0. The van der Waals surface area contributed by atoms with Crippen molar-refractivity contribution in [2.24, 2.45) is 4.36 Å². The van der Waals surface area contributed by atoms with E-state index in [1.165, 1.54) is 0 Å². The van der Waals surface area contributed by atoms with Gasteiger partial charge in [-0.1, -0.05) is 12.2 Å². The monoisotopic (exact) mass is 113 g/mol. The Morgan fingerprint density at radius 3 is 2.57 bits per heavy atom. The highest BCUT2D eigenvalue weighted by atomic mass is 32.1. The lowest BCUT2D eigenvalue weighted by Crippen LogP contribution is -1.43. The van der Waals surface area contributed by atoms with Crippen LogP contribution in [0.2, 0.25) is 0 Å². The predicted molar refractivity (Wildman–Crippen MR) is 33.7 cm³/mol. The van der Waals surface area contributed by atoms with Crippen LogP contribution in [0.15, 0.2) is 28.8 Å². The molecular formula is C5H7NS. The molecule has 0 fully saturated rings. The van der Waals surface area contributed by atoms with Crippen LogP contribution >= 0.6 is 0 Å². The van der Waals surface area contributed by atoms with E-state index in [2.05, 4.69) is 16.8 Å². The van der Waals surface area contributed by atoms with Crippen LogP contribution in [0, 0.1) is 0 Å². The highest BCUT2D eigenvalue weighted by Gasteiger charge is 1.53. The molecule has 38 valence electrons. The smallest absolute Gasteiger partial charge is 0.0410 e. The summed E-state index contributed by atoms with van der Waals surface area (Å²) in [6.45, 7) is 1.94. The van der Waals surface area contributed by atoms with Gasteiger partial charge in [-0.2, -0.15) is 4.36 Å². The third-order valence-electron chi connectivity index (χ3n) is 0.450. The minimum absolute atomic E-state index is 1.56. The van der Waals surface area contributed by atoms with Crippen molar-refractivity contribution in [2.75, 3.05) is 0 Å². The second-order valence-electron chi connectivity index (χ2n) is 0.973. The molecule has 0 aliphatic carbocycles. The second kappa shape index (κ2) is 5.50. The highest BCUT2D eigenvalue weighted by molar-refractivity contribution is 7.47. The fraction of sp³-hybridized carbons (Fsp3) is 0.200. The van der Waals surface area contributed by atoms with E-state index in [4.69, 9.17) is 0 Å². The zero-order valence-electron chi connectivity index (χ0n) is 4.16. The van der Waals surface area contributed by atoms with E-state index >= 15 is 0 Å². The van der Waals surface area contributed by atoms with Crippen molar-refractivity contribution < 1.29 is 0 Å². The van der Waals surface area contributed by atoms with E-state index < -0.39 is 0 Å². The van der Waals surface area contributed by atoms with Crippen molar-refractivity contribution >= 4 is 12.4 Å². The molecule has 1 nitrogen and oxygen atoms in total. The van der Waals surface area contributed by atoms with Crippen molar-refractivity contribution in [2.45, 2.75) is 6.92 Å². The lowest BCUT2D eigenvalue weighted by atomic mass is 10.5. The Morgan fingerprint density at radius 1 is 1.43 bits per heavy atom. The Labute approximate surface area is 48.9 Å². The molecule has 0 aromatic carbocycles. The standard InChI is InChI=1S/C5H7NS/c1-2-3-4-5-6-7/h2-5H,1H3/b3-2-,5-4-. The van der Waals surface area contributed by atoms with Gasteiger partial charge in [0.05, 0.1) is 0 Å². The molecule has 0 atom stereocenters. The topological polar surface area (TPSA) is 12.4 Å². The molecule has 7 heavy (non-hydrogen) atoms. The minimum Gasteiger partial charge on any atom is -0.190 e. The van der Waals surface area contributed by atoms with E-state index in [-0.39, 0.29) is 0 Å². The lowest BCUT2D eigenvalue weighted by Gasteiger charge is -1.64. The summed E-state index contributed by atoms with van der Waals surface area (Å²) in [5, 5.41) is 0. The summed E-state index contributed by atoms with van der Waals surface area (Å²) in [6.07, 6.45) is 7.13. The maximum Gasteiger partial charge on any atom is 0.0410 e. The summed E-state index contributed by atoms with van der Waals surface area (Å²) in [5.41, 5.74) is 0. The number of nitrogens with zero attached hydrogens (tertiary/aromatic N) is 1. The molecule has 0 amide bonds. The maximum atomic E-state index is 4.27. The quantitative estimate of drug-likeness (QED) is 0.497. The van der Waals surface area contributed by atoms with Gasteiger partial charge >= 0.3 is 0 Å². The van der Waals surface area contributed by atoms with Crippen molar-refractivity contribution in [3.8, 4) is 0 Å². The molecule has 0 saturated heterocycles. The van der Waals surface area contributed by atoms with Gasteiger partial charge in [-0.3, -0.25) is 0 Å². The maximum absolute atomic E-state index is 4.27. The van der Waals surface area contributed by atoms with Crippen LogP contribution in [0.4, 0.5) is 0 Å². The Bertz CT molecular complexity index is 94.3. The zero-order valence-corrected chi connectivity index (χ0v) is 4.98. The first-order chi connectivity index (χ1) is 3.41. The molecule has 0 aromatic heterocycles. The van der Waals surface area contributed by atoms with Crippen molar-refractivity contribution in [1.82, 2.24) is 0 Å². The molecule has 0 rings (SSSR count). The second-order valence-corrected chi connectivity index (χ2v) is 1.18. The van der Waals surface area contributed by atoms with Gasteiger partial charge in [-0.15, -0.1) is 0 Å². The van der Waals surface area contributed by atoms with E-state index in [1.54, 1.807) is 12.3 Å². The first-order valence-corrected chi connectivity index (χ1v) is 2.38. The summed E-state index contributed by atoms with van der Waals surface area (Å²) in [4.78, 5) is 0. The molecule has 0 radical (unpaired) electrons. The van der Waals surface area contributed by atoms with Gasteiger partial charge in [-0.05, 0) is 13.0 Å². The first-order valence-electron chi connectivity index (χ1n) is 2.02. The normalized spacial score (nSPS) is 11.0. The van der Waals surface area contributed by atoms with Crippen LogP contribution in [-0.2, 0) is 12.4 Å². The van der Waals surface area contributed by atoms with Crippen molar-refractivity contribution in [3.05, 3.63) is 24.4 Å². The molecule has 0 aliphatic heterocycles. The largest absolute Gasteiger partial charge is 0.190 e. The minimum atomic E-state index is 1.56. The summed E-state index contributed by atoms with van der Waals surface area (Å²) < 4.78 is 3.32. The molecule has 0 spiro atoms. The average Bonchev–Trinajstić information content (AvgIpc) is 1.69. The summed E-state index contributed by atoms with van der Waals surface area (Å²) in [7, 11) is 0. The number of hydrogen-bond donors (Lipinski definition) is 0. The van der Waals surface area contributed by atoms with E-state index in [0.717, 1.165) is 0 Å². The third-order valence-corrected chi connectivity index (χ3v) is 0.572. The summed E-state index contributed by atoms with van der Waals surface area (Å²) in [5.74, 6) is 0. The van der Waals surface area contributed by atoms with Crippen LogP contribution in [0.3, 0.4) is 0 Å². The van der Waals surface area contributed by atoms with Gasteiger partial charge < -0.3 is 0 Å². The molecule has 0 saturated carbocycles. The molecule has 0 aromatic rings. The number of rotatable bonds is 2. The Morgan fingerprint density at radius 2 is 2.14 bits per heavy atom. The van der Waals surface area contributed by atoms with Crippen molar-refractivity contribution in [1.29, 1.82) is 0 Å². The van der Waals surface area contributed by atoms with Gasteiger partial charge in [0.25, 0.3) is 0 Å². The SMILES string of the molecule is C/C=C\C=C/N=S. The van der Waals surface area contributed by atoms with Crippen LogP contribution in [0.25, 0.3) is 0 Å². The van der Waals surface area contributed by atoms with Crippen LogP contribution in [0.5, 0.6) is 0 Å². The van der Waals surface area contributed by atoms with Crippen molar-refractivity contribution in [3.63, 3.8) is 0 Å². The molecule has 0 heterocycles. The molecular weight excluding hydrogens is 106 g/mol. The van der Waals surface area contributed by atoms with Crippen LogP contribution in [-0.4, -0.2) is 0 Å². The average molecular weight is 113 g/mol. The van der Waals surface area contributed by atoms with Crippen LogP contribution in [0.1, 0.15) is 6.92 Å². The first kappa shape index (κ1) is 6.50. The molecule has 0 N–H and O–H groups in total. The van der Waals surface area contributed by atoms with E-state index in [9.17, 15) is 0 Å². The van der Waals surface area contributed by atoms with E-state index in [1.807, 2.05) is 19.1 Å². The van der Waals surface area contributed by atoms with Gasteiger partial charge in [0.2, 0.25) is 0 Å². The molecule has 0 bridgehead atoms. The van der Waals surface area contributed by atoms with Gasteiger partial charge in [0.15, 0.2) is 0 Å². The van der Waals surface area contributed by atoms with Gasteiger partial charge in [0.1, 0.15) is 0 Å². The molecule has 2 heteroatoms. The Hall–Kier alpha value is -0.500.